The minimum atomic E-state index is -3.69. The number of amides is 2. The molecular formula is C22H33N3O6S. The van der Waals surface area contributed by atoms with Gasteiger partial charge in [-0.05, 0) is 38.0 Å². The van der Waals surface area contributed by atoms with E-state index in [1.807, 2.05) is 0 Å². The number of carbonyl (C=O) groups excluding carboxylic acids is 3. The van der Waals surface area contributed by atoms with Crippen molar-refractivity contribution in [2.24, 2.45) is 5.92 Å². The standard InChI is InChI=1S/C22H33N3O6S/c1-5-25(6-2)32(29,30)19-10-8-9-18(15-19)21(27)23(4)16-20(26)24-13-11-17(12-14-24)22(28)31-7-3/h8-10,15,17H,5-7,11-14,16H2,1-4H3. The Labute approximate surface area is 190 Å². The summed E-state index contributed by atoms with van der Waals surface area (Å²) in [6.07, 6.45) is 1.07. The lowest BCUT2D eigenvalue weighted by Crippen LogP contribution is -2.45. The predicted molar refractivity (Wildman–Crippen MR) is 119 cm³/mol. The Morgan fingerprint density at radius 1 is 1.09 bits per heavy atom. The summed E-state index contributed by atoms with van der Waals surface area (Å²) in [5.74, 6) is -1.08. The van der Waals surface area contributed by atoms with Crippen molar-refractivity contribution in [2.75, 3.05) is 46.4 Å². The van der Waals surface area contributed by atoms with Gasteiger partial charge in [0.15, 0.2) is 0 Å². The first kappa shape index (κ1) is 25.8. The molecule has 1 heterocycles. The Morgan fingerprint density at radius 3 is 2.28 bits per heavy atom. The van der Waals surface area contributed by atoms with Crippen LogP contribution in [0.3, 0.4) is 0 Å². The summed E-state index contributed by atoms with van der Waals surface area (Å²) in [7, 11) is -2.18. The third-order valence-electron chi connectivity index (χ3n) is 5.61. The Morgan fingerprint density at radius 2 is 1.72 bits per heavy atom. The molecular weight excluding hydrogens is 434 g/mol. The molecule has 0 unspecified atom stereocenters. The largest absolute Gasteiger partial charge is 0.466 e. The van der Waals surface area contributed by atoms with Crippen molar-refractivity contribution < 1.29 is 27.5 Å². The number of sulfonamides is 1. The number of piperidine rings is 1. The van der Waals surface area contributed by atoms with Crippen molar-refractivity contribution in [3.05, 3.63) is 29.8 Å². The molecule has 10 heteroatoms. The highest BCUT2D eigenvalue weighted by Gasteiger charge is 2.29. The fourth-order valence-corrected chi connectivity index (χ4v) is 5.23. The molecule has 0 radical (unpaired) electrons. The van der Waals surface area contributed by atoms with E-state index in [0.717, 1.165) is 0 Å². The van der Waals surface area contributed by atoms with Gasteiger partial charge in [-0.1, -0.05) is 19.9 Å². The van der Waals surface area contributed by atoms with Crippen LogP contribution in [-0.4, -0.2) is 86.7 Å². The number of hydrogen-bond acceptors (Lipinski definition) is 6. The van der Waals surface area contributed by atoms with Crippen LogP contribution in [-0.2, 0) is 24.3 Å². The molecule has 1 saturated heterocycles. The number of hydrogen-bond donors (Lipinski definition) is 0. The Bertz CT molecular complexity index is 921. The lowest BCUT2D eigenvalue weighted by molar-refractivity contribution is -0.151. The van der Waals surface area contributed by atoms with E-state index in [1.165, 1.54) is 40.5 Å². The van der Waals surface area contributed by atoms with Gasteiger partial charge in [0.2, 0.25) is 15.9 Å². The number of ether oxygens (including phenoxy) is 1. The molecule has 9 nitrogen and oxygen atoms in total. The van der Waals surface area contributed by atoms with Gasteiger partial charge in [-0.25, -0.2) is 8.42 Å². The predicted octanol–water partition coefficient (Wildman–Crippen LogP) is 1.59. The summed E-state index contributed by atoms with van der Waals surface area (Å²) in [6.45, 7) is 7.01. The van der Waals surface area contributed by atoms with Gasteiger partial charge < -0.3 is 14.5 Å². The Balaban J connectivity index is 2.01. The van der Waals surface area contributed by atoms with Crippen molar-refractivity contribution in [3.8, 4) is 0 Å². The lowest BCUT2D eigenvalue weighted by Gasteiger charge is -2.32. The number of likely N-dealkylation sites (tertiary alicyclic amines) is 1. The van der Waals surface area contributed by atoms with Gasteiger partial charge in [-0.15, -0.1) is 0 Å². The number of likely N-dealkylation sites (N-methyl/N-ethyl adjacent to an activating group) is 1. The van der Waals surface area contributed by atoms with Gasteiger partial charge in [-0.3, -0.25) is 14.4 Å². The van der Waals surface area contributed by atoms with Crippen LogP contribution in [0.15, 0.2) is 29.2 Å². The smallest absolute Gasteiger partial charge is 0.309 e. The molecule has 1 aliphatic rings. The molecule has 0 aromatic heterocycles. The highest BCUT2D eigenvalue weighted by Crippen LogP contribution is 2.20. The first-order valence-electron chi connectivity index (χ1n) is 11.0. The molecule has 0 atom stereocenters. The number of benzene rings is 1. The van der Waals surface area contributed by atoms with E-state index in [0.29, 0.717) is 45.6 Å². The molecule has 178 valence electrons. The summed E-state index contributed by atoms with van der Waals surface area (Å²) in [5.41, 5.74) is 0.203. The topological polar surface area (TPSA) is 104 Å². The van der Waals surface area contributed by atoms with Gasteiger partial charge >= 0.3 is 5.97 Å². The highest BCUT2D eigenvalue weighted by molar-refractivity contribution is 7.89. The molecule has 0 spiro atoms. The zero-order valence-corrected chi connectivity index (χ0v) is 20.1. The van der Waals surface area contributed by atoms with Crippen LogP contribution in [0, 0.1) is 5.92 Å². The van der Waals surface area contributed by atoms with E-state index in [9.17, 15) is 22.8 Å². The van der Waals surface area contributed by atoms with Crippen molar-refractivity contribution in [2.45, 2.75) is 38.5 Å². The van der Waals surface area contributed by atoms with E-state index in [-0.39, 0.29) is 34.8 Å². The molecule has 0 aliphatic carbocycles. The van der Waals surface area contributed by atoms with E-state index < -0.39 is 15.9 Å². The van der Waals surface area contributed by atoms with E-state index in [2.05, 4.69) is 0 Å². The first-order chi connectivity index (χ1) is 15.1. The second kappa shape index (κ2) is 11.4. The molecule has 0 saturated carbocycles. The minimum Gasteiger partial charge on any atom is -0.466 e. The minimum absolute atomic E-state index is 0.0489. The maximum atomic E-state index is 12.8. The second-order valence-corrected chi connectivity index (χ2v) is 9.62. The molecule has 2 rings (SSSR count). The quantitative estimate of drug-likeness (QED) is 0.511. The van der Waals surface area contributed by atoms with Crippen LogP contribution in [0.25, 0.3) is 0 Å². The summed E-state index contributed by atoms with van der Waals surface area (Å²) in [6, 6.07) is 5.87. The van der Waals surface area contributed by atoms with Crippen molar-refractivity contribution in [3.63, 3.8) is 0 Å². The van der Waals surface area contributed by atoms with Gasteiger partial charge in [0.05, 0.1) is 24.0 Å². The van der Waals surface area contributed by atoms with Crippen LogP contribution in [0.2, 0.25) is 0 Å². The van der Waals surface area contributed by atoms with Crippen LogP contribution in [0.5, 0.6) is 0 Å². The van der Waals surface area contributed by atoms with E-state index >= 15 is 0 Å². The summed E-state index contributed by atoms with van der Waals surface area (Å²) in [5, 5.41) is 0. The second-order valence-electron chi connectivity index (χ2n) is 7.69. The molecule has 1 aliphatic heterocycles. The van der Waals surface area contributed by atoms with Crippen molar-refractivity contribution >= 4 is 27.8 Å². The number of rotatable bonds is 9. The number of carbonyl (C=O) groups is 3. The fraction of sp³-hybridized carbons (Fsp3) is 0.591. The Hall–Kier alpha value is -2.46. The molecule has 1 fully saturated rings. The average molecular weight is 468 g/mol. The number of esters is 1. The zero-order chi connectivity index (χ0) is 23.9. The lowest BCUT2D eigenvalue weighted by atomic mass is 9.97. The monoisotopic (exact) mass is 467 g/mol. The van der Waals surface area contributed by atoms with Gasteiger partial charge in [0, 0.05) is 38.8 Å². The first-order valence-corrected chi connectivity index (χ1v) is 12.4. The highest BCUT2D eigenvalue weighted by atomic mass is 32.2. The molecule has 1 aromatic rings. The molecule has 32 heavy (non-hydrogen) atoms. The molecule has 2 amide bonds. The third kappa shape index (κ3) is 6.07. The summed E-state index contributed by atoms with van der Waals surface area (Å²) < 4.78 is 31.9. The average Bonchev–Trinajstić information content (AvgIpc) is 2.79. The maximum absolute atomic E-state index is 12.8. The summed E-state index contributed by atoms with van der Waals surface area (Å²) >= 11 is 0. The third-order valence-corrected chi connectivity index (χ3v) is 7.66. The van der Waals surface area contributed by atoms with Crippen LogP contribution in [0.4, 0.5) is 0 Å². The zero-order valence-electron chi connectivity index (χ0n) is 19.2. The van der Waals surface area contributed by atoms with Gasteiger partial charge in [0.1, 0.15) is 0 Å². The number of nitrogens with zero attached hydrogens (tertiary/aromatic N) is 3. The van der Waals surface area contributed by atoms with Gasteiger partial charge in [-0.2, -0.15) is 4.31 Å². The fourth-order valence-electron chi connectivity index (χ4n) is 3.72. The van der Waals surface area contributed by atoms with Crippen LogP contribution in [0.1, 0.15) is 44.0 Å². The SMILES string of the molecule is CCOC(=O)C1CCN(C(=O)CN(C)C(=O)c2cccc(S(=O)(=O)N(CC)CC)c2)CC1. The van der Waals surface area contributed by atoms with Crippen LogP contribution >= 0.6 is 0 Å². The summed E-state index contributed by atoms with van der Waals surface area (Å²) in [4.78, 5) is 40.3. The maximum Gasteiger partial charge on any atom is 0.309 e. The van der Waals surface area contributed by atoms with Crippen molar-refractivity contribution in [1.29, 1.82) is 0 Å². The van der Waals surface area contributed by atoms with E-state index in [1.54, 1.807) is 25.7 Å². The van der Waals surface area contributed by atoms with Crippen LogP contribution < -0.4 is 0 Å². The van der Waals surface area contributed by atoms with Gasteiger partial charge in [0.25, 0.3) is 5.91 Å². The van der Waals surface area contributed by atoms with Crippen molar-refractivity contribution in [1.82, 2.24) is 14.1 Å². The Kier molecular flexibility index (Phi) is 9.21. The molecule has 1 aromatic carbocycles. The van der Waals surface area contributed by atoms with E-state index in [4.69, 9.17) is 4.74 Å². The molecule has 0 N–H and O–H groups in total. The molecule has 0 bridgehead atoms. The normalized spacial score (nSPS) is 15.0.